The summed E-state index contributed by atoms with van der Waals surface area (Å²) in [6, 6.07) is 5.90. The van der Waals surface area contributed by atoms with E-state index >= 15 is 0 Å². The molecular weight excluding hydrogens is 347 g/mol. The quantitative estimate of drug-likeness (QED) is 0.821. The molecule has 1 aromatic heterocycles. The molecule has 0 spiro atoms. The molecular formula is C17H20F3N5O. The number of nitrogens with zero attached hydrogens (tertiary/aromatic N) is 3. The Balaban J connectivity index is 2.13. The minimum absolute atomic E-state index is 0.0446. The minimum Gasteiger partial charge on any atom is -0.369 e. The topological polar surface area (TPSA) is 70.2 Å². The van der Waals surface area contributed by atoms with E-state index in [2.05, 4.69) is 20.6 Å². The van der Waals surface area contributed by atoms with Crippen LogP contribution in [0.1, 0.15) is 21.9 Å². The van der Waals surface area contributed by atoms with Crippen molar-refractivity contribution < 1.29 is 18.0 Å². The molecule has 1 aromatic carbocycles. The average molecular weight is 367 g/mol. The summed E-state index contributed by atoms with van der Waals surface area (Å²) in [6.45, 7) is 3.03. The predicted octanol–water partition coefficient (Wildman–Crippen LogP) is 3.03. The summed E-state index contributed by atoms with van der Waals surface area (Å²) in [5.41, 5.74) is -0.717. The number of nitrogens with one attached hydrogen (secondary N) is 2. The molecule has 0 bridgehead atoms. The lowest BCUT2D eigenvalue weighted by molar-refractivity contribution is -0.137. The molecule has 0 unspecified atom stereocenters. The van der Waals surface area contributed by atoms with Gasteiger partial charge in [-0.05, 0) is 39.2 Å². The number of alkyl halides is 3. The Morgan fingerprint density at radius 2 is 1.92 bits per heavy atom. The van der Waals surface area contributed by atoms with Crippen LogP contribution in [-0.2, 0) is 6.18 Å². The number of hydrogen-bond acceptors (Lipinski definition) is 5. The highest BCUT2D eigenvalue weighted by Crippen LogP contribution is 2.30. The Kier molecular flexibility index (Phi) is 6.14. The molecule has 0 saturated heterocycles. The van der Waals surface area contributed by atoms with Crippen molar-refractivity contribution >= 4 is 17.4 Å². The number of rotatable bonds is 6. The Morgan fingerprint density at radius 3 is 2.58 bits per heavy atom. The van der Waals surface area contributed by atoms with Gasteiger partial charge in [-0.3, -0.25) is 4.79 Å². The van der Waals surface area contributed by atoms with Crippen LogP contribution in [0.25, 0.3) is 0 Å². The van der Waals surface area contributed by atoms with E-state index in [1.165, 1.54) is 18.2 Å². The largest absolute Gasteiger partial charge is 0.416 e. The molecule has 0 aliphatic rings. The molecule has 0 fully saturated rings. The number of benzene rings is 1. The lowest BCUT2D eigenvalue weighted by atomic mass is 10.2. The number of likely N-dealkylation sites (N-methyl/N-ethyl adjacent to an activating group) is 1. The number of aromatic nitrogens is 2. The van der Waals surface area contributed by atoms with Gasteiger partial charge in [-0.1, -0.05) is 6.07 Å². The molecule has 2 aromatic rings. The first kappa shape index (κ1) is 19.6. The van der Waals surface area contributed by atoms with Crippen molar-refractivity contribution in [3.05, 3.63) is 47.4 Å². The molecule has 6 nitrogen and oxygen atoms in total. The summed E-state index contributed by atoms with van der Waals surface area (Å²) in [7, 11) is 3.86. The fourth-order valence-corrected chi connectivity index (χ4v) is 2.15. The van der Waals surface area contributed by atoms with Crippen molar-refractivity contribution in [3.63, 3.8) is 0 Å². The first-order chi connectivity index (χ1) is 12.1. The Hall–Kier alpha value is -2.68. The zero-order valence-electron chi connectivity index (χ0n) is 14.7. The van der Waals surface area contributed by atoms with Gasteiger partial charge in [-0.25, -0.2) is 9.97 Å². The van der Waals surface area contributed by atoms with Gasteiger partial charge in [0.15, 0.2) is 0 Å². The number of halogens is 3. The Morgan fingerprint density at radius 1 is 1.19 bits per heavy atom. The third kappa shape index (κ3) is 5.69. The number of hydrogen-bond donors (Lipinski definition) is 2. The fraction of sp³-hybridized carbons (Fsp3) is 0.353. The molecule has 2 N–H and O–H groups in total. The van der Waals surface area contributed by atoms with Crippen LogP contribution in [0.15, 0.2) is 30.3 Å². The molecule has 0 aliphatic heterocycles. The van der Waals surface area contributed by atoms with Crippen molar-refractivity contribution in [3.8, 4) is 0 Å². The van der Waals surface area contributed by atoms with Crippen LogP contribution in [0.5, 0.6) is 0 Å². The molecule has 26 heavy (non-hydrogen) atoms. The maximum atomic E-state index is 12.8. The summed E-state index contributed by atoms with van der Waals surface area (Å²) >= 11 is 0. The Labute approximate surface area is 149 Å². The summed E-state index contributed by atoms with van der Waals surface area (Å²) in [5, 5.41) is 5.52. The van der Waals surface area contributed by atoms with Gasteiger partial charge in [-0.2, -0.15) is 13.2 Å². The zero-order chi connectivity index (χ0) is 19.3. The van der Waals surface area contributed by atoms with E-state index in [1.807, 2.05) is 19.0 Å². The highest BCUT2D eigenvalue weighted by Gasteiger charge is 2.30. The summed E-state index contributed by atoms with van der Waals surface area (Å²) in [5.74, 6) is 0.257. The van der Waals surface area contributed by atoms with Gasteiger partial charge in [0, 0.05) is 24.8 Å². The lowest BCUT2D eigenvalue weighted by Crippen LogP contribution is -2.22. The van der Waals surface area contributed by atoms with Gasteiger partial charge in [0.1, 0.15) is 17.3 Å². The van der Waals surface area contributed by atoms with Crippen LogP contribution < -0.4 is 10.6 Å². The van der Waals surface area contributed by atoms with Gasteiger partial charge < -0.3 is 15.5 Å². The molecule has 0 atom stereocenters. The summed E-state index contributed by atoms with van der Waals surface area (Å²) < 4.78 is 38.3. The second kappa shape index (κ2) is 8.13. The second-order valence-corrected chi connectivity index (χ2v) is 5.95. The predicted molar refractivity (Wildman–Crippen MR) is 93.2 cm³/mol. The molecule has 1 heterocycles. The maximum Gasteiger partial charge on any atom is 0.416 e. The monoisotopic (exact) mass is 367 g/mol. The molecule has 2 rings (SSSR count). The van der Waals surface area contributed by atoms with E-state index in [9.17, 15) is 18.0 Å². The standard InChI is InChI=1S/C17H20F3N5O/c1-11-22-14(10-15(23-11)21-7-8-25(2)3)16(26)24-13-6-4-5-12(9-13)17(18,19)20/h4-6,9-10H,7-8H2,1-3H3,(H,24,26)(H,21,22,23). The summed E-state index contributed by atoms with van der Waals surface area (Å²) in [6.07, 6.45) is -4.48. The molecule has 0 saturated carbocycles. The third-order valence-electron chi connectivity index (χ3n) is 3.38. The smallest absolute Gasteiger partial charge is 0.369 e. The third-order valence-corrected chi connectivity index (χ3v) is 3.38. The Bertz CT molecular complexity index is 777. The molecule has 140 valence electrons. The number of carbonyl (C=O) groups excluding carboxylic acids is 1. The highest BCUT2D eigenvalue weighted by atomic mass is 19.4. The van der Waals surface area contributed by atoms with E-state index in [0.717, 1.165) is 18.7 Å². The second-order valence-electron chi connectivity index (χ2n) is 5.95. The van der Waals surface area contributed by atoms with Gasteiger partial charge in [-0.15, -0.1) is 0 Å². The van der Waals surface area contributed by atoms with Crippen LogP contribution >= 0.6 is 0 Å². The average Bonchev–Trinajstić information content (AvgIpc) is 2.53. The van der Waals surface area contributed by atoms with Crippen molar-refractivity contribution in [1.29, 1.82) is 0 Å². The molecule has 0 aliphatic carbocycles. The van der Waals surface area contributed by atoms with E-state index < -0.39 is 17.6 Å². The normalized spacial score (nSPS) is 11.5. The van der Waals surface area contributed by atoms with Gasteiger partial charge in [0.05, 0.1) is 5.56 Å². The summed E-state index contributed by atoms with van der Waals surface area (Å²) in [4.78, 5) is 22.6. The fourth-order valence-electron chi connectivity index (χ4n) is 2.15. The molecule has 0 radical (unpaired) electrons. The number of aryl methyl sites for hydroxylation is 1. The van der Waals surface area contributed by atoms with Crippen LogP contribution in [0.4, 0.5) is 24.7 Å². The minimum atomic E-state index is -4.48. The van der Waals surface area contributed by atoms with Gasteiger partial charge in [0.2, 0.25) is 0 Å². The van der Waals surface area contributed by atoms with Gasteiger partial charge in [0.25, 0.3) is 5.91 Å². The van der Waals surface area contributed by atoms with Crippen molar-refractivity contribution in [2.75, 3.05) is 37.8 Å². The SMILES string of the molecule is Cc1nc(NCCN(C)C)cc(C(=O)Nc2cccc(C(F)(F)F)c2)n1. The van der Waals surface area contributed by atoms with Crippen LogP contribution in [0.3, 0.4) is 0 Å². The lowest BCUT2D eigenvalue weighted by Gasteiger charge is -2.12. The van der Waals surface area contributed by atoms with E-state index in [4.69, 9.17) is 0 Å². The maximum absolute atomic E-state index is 12.8. The molecule has 1 amide bonds. The number of amides is 1. The zero-order valence-corrected chi connectivity index (χ0v) is 14.7. The van der Waals surface area contributed by atoms with Crippen LogP contribution in [0.2, 0.25) is 0 Å². The van der Waals surface area contributed by atoms with Crippen molar-refractivity contribution in [1.82, 2.24) is 14.9 Å². The molecule has 9 heteroatoms. The first-order valence-corrected chi connectivity index (χ1v) is 7.88. The van der Waals surface area contributed by atoms with Crippen LogP contribution in [0, 0.1) is 6.92 Å². The highest BCUT2D eigenvalue weighted by molar-refractivity contribution is 6.03. The number of carbonyl (C=O) groups is 1. The van der Waals surface area contributed by atoms with Gasteiger partial charge >= 0.3 is 6.18 Å². The van der Waals surface area contributed by atoms with Crippen molar-refractivity contribution in [2.24, 2.45) is 0 Å². The van der Waals surface area contributed by atoms with E-state index in [-0.39, 0.29) is 11.4 Å². The van der Waals surface area contributed by atoms with Crippen LogP contribution in [-0.4, -0.2) is 48.0 Å². The van der Waals surface area contributed by atoms with E-state index in [1.54, 1.807) is 6.92 Å². The first-order valence-electron chi connectivity index (χ1n) is 7.88. The van der Waals surface area contributed by atoms with Crippen molar-refractivity contribution in [2.45, 2.75) is 13.1 Å². The number of anilines is 2. The van der Waals surface area contributed by atoms with E-state index in [0.29, 0.717) is 18.2 Å².